The molecule has 4 heteroatoms. The van der Waals surface area contributed by atoms with Crippen LogP contribution in [0.15, 0.2) is 30.5 Å². The predicted octanol–water partition coefficient (Wildman–Crippen LogP) is 1.74. The fraction of sp³-hybridized carbons (Fsp3) is 0.231. The van der Waals surface area contributed by atoms with Gasteiger partial charge in [0.05, 0.1) is 0 Å². The van der Waals surface area contributed by atoms with Crippen molar-refractivity contribution in [3.05, 3.63) is 47.3 Å². The van der Waals surface area contributed by atoms with E-state index in [2.05, 4.69) is 5.10 Å². The third kappa shape index (κ3) is 2.36. The molecule has 17 heavy (non-hydrogen) atoms. The van der Waals surface area contributed by atoms with Gasteiger partial charge in [0.15, 0.2) is 5.78 Å². The predicted molar refractivity (Wildman–Crippen MR) is 66.8 cm³/mol. The molecule has 2 N–H and O–H groups in total. The van der Waals surface area contributed by atoms with Crippen LogP contribution >= 0.6 is 0 Å². The van der Waals surface area contributed by atoms with Gasteiger partial charge >= 0.3 is 0 Å². The Kier molecular flexibility index (Phi) is 2.95. The lowest BCUT2D eigenvalue weighted by Gasteiger charge is -2.06. The average Bonchev–Trinajstić information content (AvgIpc) is 2.68. The average molecular weight is 229 g/mol. The van der Waals surface area contributed by atoms with Gasteiger partial charge in [-0.05, 0) is 36.2 Å². The number of hydrogen-bond acceptors (Lipinski definition) is 3. The molecule has 4 nitrogen and oxygen atoms in total. The van der Waals surface area contributed by atoms with Crippen molar-refractivity contribution in [2.24, 2.45) is 7.05 Å². The van der Waals surface area contributed by atoms with Crippen LogP contribution in [0.25, 0.3) is 0 Å². The molecule has 1 aromatic heterocycles. The van der Waals surface area contributed by atoms with Gasteiger partial charge in [0.1, 0.15) is 5.69 Å². The highest BCUT2D eigenvalue weighted by atomic mass is 16.1. The molecule has 0 spiro atoms. The molecule has 0 aliphatic carbocycles. The summed E-state index contributed by atoms with van der Waals surface area (Å²) in [7, 11) is 1.77. The molecule has 2 rings (SSSR count). The second-order valence-electron chi connectivity index (χ2n) is 4.13. The molecule has 0 bridgehead atoms. The minimum atomic E-state index is 0.0675. The molecule has 0 aliphatic rings. The minimum absolute atomic E-state index is 0.0675. The monoisotopic (exact) mass is 229 g/mol. The number of anilines is 1. The maximum Gasteiger partial charge on any atom is 0.185 e. The van der Waals surface area contributed by atoms with E-state index in [1.165, 1.54) is 0 Å². The Labute approximate surface area is 100 Å². The SMILES string of the molecule is Cc1cc(N)ccc1CC(=O)c1ccnn1C. The lowest BCUT2D eigenvalue weighted by Crippen LogP contribution is -2.10. The Bertz CT molecular complexity index is 558. The first kappa shape index (κ1) is 11.4. The first-order valence-electron chi connectivity index (χ1n) is 5.44. The summed E-state index contributed by atoms with van der Waals surface area (Å²) in [4.78, 5) is 12.0. The zero-order chi connectivity index (χ0) is 12.4. The number of nitrogens with two attached hydrogens (primary N) is 1. The largest absolute Gasteiger partial charge is 0.399 e. The molecule has 0 aliphatic heterocycles. The van der Waals surface area contributed by atoms with E-state index in [0.29, 0.717) is 12.1 Å². The molecule has 0 atom stereocenters. The van der Waals surface area contributed by atoms with Gasteiger partial charge in [-0.1, -0.05) is 6.07 Å². The van der Waals surface area contributed by atoms with Gasteiger partial charge in [-0.15, -0.1) is 0 Å². The number of aromatic nitrogens is 2. The van der Waals surface area contributed by atoms with Crippen LogP contribution in [0, 0.1) is 6.92 Å². The first-order chi connectivity index (χ1) is 8.08. The number of nitrogens with zero attached hydrogens (tertiary/aromatic N) is 2. The zero-order valence-corrected chi connectivity index (χ0v) is 9.97. The number of Topliss-reactive ketones (excluding diaryl/α,β-unsaturated/α-hetero) is 1. The Morgan fingerprint density at radius 3 is 2.76 bits per heavy atom. The number of rotatable bonds is 3. The fourth-order valence-corrected chi connectivity index (χ4v) is 1.83. The molecule has 0 amide bonds. The van der Waals surface area contributed by atoms with Crippen LogP contribution in [0.1, 0.15) is 21.6 Å². The highest BCUT2D eigenvalue weighted by Crippen LogP contribution is 2.15. The van der Waals surface area contributed by atoms with E-state index in [-0.39, 0.29) is 5.78 Å². The normalized spacial score (nSPS) is 10.5. The van der Waals surface area contributed by atoms with Gasteiger partial charge in [0.25, 0.3) is 0 Å². The summed E-state index contributed by atoms with van der Waals surface area (Å²) in [6.07, 6.45) is 2.01. The number of hydrogen-bond donors (Lipinski definition) is 1. The number of carbonyl (C=O) groups is 1. The van der Waals surface area contributed by atoms with Crippen LogP contribution in [0.4, 0.5) is 5.69 Å². The van der Waals surface area contributed by atoms with Crippen molar-refractivity contribution in [2.45, 2.75) is 13.3 Å². The molecule has 0 radical (unpaired) electrons. The molecule has 1 heterocycles. The number of aryl methyl sites for hydroxylation is 2. The van der Waals surface area contributed by atoms with Crippen LogP contribution in [0.3, 0.4) is 0 Å². The van der Waals surface area contributed by atoms with E-state index in [1.54, 1.807) is 24.0 Å². The van der Waals surface area contributed by atoms with Crippen LogP contribution < -0.4 is 5.73 Å². The Balaban J connectivity index is 2.22. The Hall–Kier alpha value is -2.10. The maximum absolute atomic E-state index is 12.0. The number of carbonyl (C=O) groups excluding carboxylic acids is 1. The van der Waals surface area contributed by atoms with Crippen LogP contribution in [-0.4, -0.2) is 15.6 Å². The van der Waals surface area contributed by atoms with Crippen molar-refractivity contribution in [1.29, 1.82) is 0 Å². The van der Waals surface area contributed by atoms with Crippen LogP contribution in [0.2, 0.25) is 0 Å². The van der Waals surface area contributed by atoms with Crippen molar-refractivity contribution in [1.82, 2.24) is 9.78 Å². The topological polar surface area (TPSA) is 60.9 Å². The summed E-state index contributed by atoms with van der Waals surface area (Å²) < 4.78 is 1.59. The van der Waals surface area contributed by atoms with Crippen molar-refractivity contribution in [3.8, 4) is 0 Å². The van der Waals surface area contributed by atoms with E-state index in [0.717, 1.165) is 16.8 Å². The summed E-state index contributed by atoms with van der Waals surface area (Å²) >= 11 is 0. The lowest BCUT2D eigenvalue weighted by molar-refractivity contribution is 0.0984. The summed E-state index contributed by atoms with van der Waals surface area (Å²) in [5.74, 6) is 0.0675. The molecule has 0 saturated carbocycles. The third-order valence-electron chi connectivity index (χ3n) is 2.82. The van der Waals surface area contributed by atoms with Crippen LogP contribution in [0.5, 0.6) is 0 Å². The van der Waals surface area contributed by atoms with Crippen molar-refractivity contribution in [3.63, 3.8) is 0 Å². The van der Waals surface area contributed by atoms with Crippen molar-refractivity contribution >= 4 is 11.5 Å². The lowest BCUT2D eigenvalue weighted by atomic mass is 10.0. The fourth-order valence-electron chi connectivity index (χ4n) is 1.83. The summed E-state index contributed by atoms with van der Waals surface area (Å²) in [5, 5.41) is 3.99. The second kappa shape index (κ2) is 4.41. The molecule has 2 aromatic rings. The van der Waals surface area contributed by atoms with Crippen LogP contribution in [-0.2, 0) is 13.5 Å². The summed E-state index contributed by atoms with van der Waals surface area (Å²) in [5.41, 5.74) is 9.07. The van der Waals surface area contributed by atoms with Gasteiger partial charge in [-0.2, -0.15) is 5.10 Å². The van der Waals surface area contributed by atoms with E-state index in [4.69, 9.17) is 5.73 Å². The van der Waals surface area contributed by atoms with Gasteiger partial charge in [-0.3, -0.25) is 9.48 Å². The van der Waals surface area contributed by atoms with E-state index >= 15 is 0 Å². The standard InChI is InChI=1S/C13H15N3O/c1-9-7-11(14)4-3-10(9)8-13(17)12-5-6-15-16(12)2/h3-7H,8,14H2,1-2H3. The number of benzene rings is 1. The van der Waals surface area contributed by atoms with Crippen molar-refractivity contribution < 1.29 is 4.79 Å². The van der Waals surface area contributed by atoms with Crippen molar-refractivity contribution in [2.75, 3.05) is 5.73 Å². The number of ketones is 1. The molecule has 0 saturated heterocycles. The Morgan fingerprint density at radius 2 is 2.18 bits per heavy atom. The van der Waals surface area contributed by atoms with E-state index < -0.39 is 0 Å². The van der Waals surface area contributed by atoms with E-state index in [1.807, 2.05) is 25.1 Å². The minimum Gasteiger partial charge on any atom is -0.399 e. The molecule has 1 aromatic carbocycles. The highest BCUT2D eigenvalue weighted by molar-refractivity contribution is 5.96. The molecule has 0 fully saturated rings. The number of nitrogen functional groups attached to an aromatic ring is 1. The zero-order valence-electron chi connectivity index (χ0n) is 9.97. The van der Waals surface area contributed by atoms with Gasteiger partial charge < -0.3 is 5.73 Å². The van der Waals surface area contributed by atoms with Gasteiger partial charge in [0, 0.05) is 25.4 Å². The summed E-state index contributed by atoms with van der Waals surface area (Å²) in [6, 6.07) is 7.33. The summed E-state index contributed by atoms with van der Waals surface area (Å²) in [6.45, 7) is 1.96. The third-order valence-corrected chi connectivity index (χ3v) is 2.82. The molecular weight excluding hydrogens is 214 g/mol. The molecular formula is C13H15N3O. The smallest absolute Gasteiger partial charge is 0.185 e. The van der Waals surface area contributed by atoms with Gasteiger partial charge in [-0.25, -0.2) is 0 Å². The molecule has 0 unspecified atom stereocenters. The first-order valence-corrected chi connectivity index (χ1v) is 5.44. The van der Waals surface area contributed by atoms with Gasteiger partial charge in [0.2, 0.25) is 0 Å². The van der Waals surface area contributed by atoms with E-state index in [9.17, 15) is 4.79 Å². The highest BCUT2D eigenvalue weighted by Gasteiger charge is 2.12. The molecule has 88 valence electrons. The maximum atomic E-state index is 12.0. The second-order valence-corrected chi connectivity index (χ2v) is 4.13. The Morgan fingerprint density at radius 1 is 1.41 bits per heavy atom. The quantitative estimate of drug-likeness (QED) is 0.644.